The van der Waals surface area contributed by atoms with E-state index in [2.05, 4.69) is 16.0 Å². The zero-order valence-electron chi connectivity index (χ0n) is 27.3. The summed E-state index contributed by atoms with van der Waals surface area (Å²) < 4.78 is 15.9. The first kappa shape index (κ1) is 33.8. The van der Waals surface area contributed by atoms with E-state index in [0.717, 1.165) is 64.5 Å². The van der Waals surface area contributed by atoms with Crippen LogP contribution >= 0.6 is 0 Å². The van der Waals surface area contributed by atoms with Crippen molar-refractivity contribution in [2.24, 2.45) is 34.5 Å². The second-order valence-corrected chi connectivity index (χ2v) is 14.9. The summed E-state index contributed by atoms with van der Waals surface area (Å²) in [6.45, 7) is 11.2. The van der Waals surface area contributed by atoms with Gasteiger partial charge >= 0.3 is 6.09 Å². The fourth-order valence-corrected chi connectivity index (χ4v) is 7.47. The number of piperidine rings is 2. The van der Waals surface area contributed by atoms with Gasteiger partial charge in [-0.2, -0.15) is 0 Å². The number of carbonyl (C=O) groups is 5. The molecule has 2 atom stereocenters. The lowest BCUT2D eigenvalue weighted by atomic mass is 9.90. The number of rotatable bonds is 4. The molecule has 0 aromatic heterocycles. The average molecular weight is 633 g/mol. The SMILES string of the molecule is CC(C)(C)OC(=O)N1CCC2(CC1)CC2C(=O)NC(=O)C1CCOCC1.O=C(NC(=O)C1CC12CCNCC2)C1CCOCC1. The van der Waals surface area contributed by atoms with Crippen LogP contribution in [-0.4, -0.2) is 92.8 Å². The Bertz CT molecular complexity index is 1110. The lowest BCUT2D eigenvalue weighted by Gasteiger charge is -2.34. The molecule has 252 valence electrons. The number of hydrogen-bond donors (Lipinski definition) is 3. The topological polar surface area (TPSA) is 152 Å². The molecule has 6 aliphatic rings. The molecule has 6 fully saturated rings. The van der Waals surface area contributed by atoms with Gasteiger partial charge in [0.15, 0.2) is 0 Å². The first-order valence-corrected chi connectivity index (χ1v) is 16.9. The van der Waals surface area contributed by atoms with Crippen molar-refractivity contribution in [3.8, 4) is 0 Å². The Hall–Kier alpha value is -2.57. The van der Waals surface area contributed by atoms with Crippen molar-refractivity contribution >= 4 is 29.7 Å². The molecule has 4 aliphatic heterocycles. The van der Waals surface area contributed by atoms with E-state index in [1.165, 1.54) is 0 Å². The first-order chi connectivity index (χ1) is 21.4. The van der Waals surface area contributed by atoms with Crippen molar-refractivity contribution in [2.45, 2.75) is 90.6 Å². The van der Waals surface area contributed by atoms with Gasteiger partial charge in [-0.05, 0) is 109 Å². The predicted octanol–water partition coefficient (Wildman–Crippen LogP) is 2.54. The Labute approximate surface area is 266 Å². The summed E-state index contributed by atoms with van der Waals surface area (Å²) in [6, 6.07) is 0. The molecule has 2 unspecified atom stereocenters. The van der Waals surface area contributed by atoms with Gasteiger partial charge in [-0.3, -0.25) is 29.8 Å². The van der Waals surface area contributed by atoms with Gasteiger partial charge in [0.05, 0.1) is 0 Å². The third kappa shape index (κ3) is 8.62. The fourth-order valence-electron chi connectivity index (χ4n) is 7.47. The van der Waals surface area contributed by atoms with Gasteiger partial charge in [-0.25, -0.2) is 4.79 Å². The molecule has 0 radical (unpaired) electrons. The molecule has 0 bridgehead atoms. The zero-order chi connectivity index (χ0) is 32.2. The maximum Gasteiger partial charge on any atom is 0.410 e. The van der Waals surface area contributed by atoms with Gasteiger partial charge in [-0.1, -0.05) is 0 Å². The molecule has 12 nitrogen and oxygen atoms in total. The molecular weight excluding hydrogens is 580 g/mol. The number of likely N-dealkylation sites (tertiary alicyclic amines) is 1. The van der Waals surface area contributed by atoms with Crippen LogP contribution in [0, 0.1) is 34.5 Å². The number of imide groups is 2. The Morgan fingerprint density at radius 2 is 1.11 bits per heavy atom. The molecule has 4 heterocycles. The highest BCUT2D eigenvalue weighted by Gasteiger charge is 2.59. The van der Waals surface area contributed by atoms with Crippen molar-refractivity contribution in [1.29, 1.82) is 0 Å². The number of nitrogens with one attached hydrogen (secondary N) is 3. The molecule has 0 aromatic carbocycles. The number of nitrogens with zero attached hydrogens (tertiary/aromatic N) is 1. The van der Waals surface area contributed by atoms with Crippen LogP contribution < -0.4 is 16.0 Å². The minimum atomic E-state index is -0.501. The number of hydrogen-bond acceptors (Lipinski definition) is 9. The Balaban J connectivity index is 0.000000186. The highest BCUT2D eigenvalue weighted by Crippen LogP contribution is 2.60. The van der Waals surface area contributed by atoms with Crippen LogP contribution in [0.1, 0.15) is 85.0 Å². The summed E-state index contributed by atoms with van der Waals surface area (Å²) in [7, 11) is 0. The van der Waals surface area contributed by atoms with Crippen LogP contribution in [0.25, 0.3) is 0 Å². The lowest BCUT2D eigenvalue weighted by molar-refractivity contribution is -0.137. The molecule has 2 aliphatic carbocycles. The van der Waals surface area contributed by atoms with Gasteiger partial charge in [0.25, 0.3) is 0 Å². The monoisotopic (exact) mass is 632 g/mol. The summed E-state index contributed by atoms with van der Waals surface area (Å²) in [5, 5.41) is 8.56. The largest absolute Gasteiger partial charge is 0.444 e. The third-order valence-corrected chi connectivity index (χ3v) is 10.7. The van der Waals surface area contributed by atoms with Crippen LogP contribution in [0.4, 0.5) is 4.79 Å². The van der Waals surface area contributed by atoms with Gasteiger partial charge in [0, 0.05) is 63.2 Å². The number of ether oxygens (including phenoxy) is 3. The van der Waals surface area contributed by atoms with Gasteiger partial charge in [0.1, 0.15) is 5.60 Å². The highest BCUT2D eigenvalue weighted by atomic mass is 16.6. The standard InChI is InChI=1S/C19H30N2O5.C14H22N2O3/c1-18(2,3)26-17(24)21-8-6-19(7-9-21)12-14(19)16(23)20-15(22)13-4-10-25-11-5-13;17-12(10-1-7-19-8-2-10)16-13(18)11-9-14(11)3-5-15-6-4-14/h13-14H,4-12H2,1-3H3,(H,20,22,23);10-11,15H,1-9H2,(H,16,17,18). The maximum absolute atomic E-state index is 12.5. The molecule has 45 heavy (non-hydrogen) atoms. The van der Waals surface area contributed by atoms with E-state index in [1.54, 1.807) is 4.90 Å². The molecule has 5 amide bonds. The van der Waals surface area contributed by atoms with Crippen LogP contribution in [-0.2, 0) is 33.4 Å². The van der Waals surface area contributed by atoms with Crippen molar-refractivity contribution < 1.29 is 38.2 Å². The summed E-state index contributed by atoms with van der Waals surface area (Å²) in [4.78, 5) is 62.7. The van der Waals surface area contributed by atoms with Gasteiger partial charge in [0.2, 0.25) is 23.6 Å². The van der Waals surface area contributed by atoms with E-state index in [1.807, 2.05) is 20.8 Å². The average Bonchev–Trinajstić information content (AvgIpc) is 3.93. The van der Waals surface area contributed by atoms with E-state index in [4.69, 9.17) is 14.2 Å². The molecule has 4 saturated heterocycles. The molecule has 6 rings (SSSR count). The van der Waals surface area contributed by atoms with Crippen molar-refractivity contribution in [3.63, 3.8) is 0 Å². The molecule has 0 aromatic rings. The second kappa shape index (κ2) is 14.0. The minimum Gasteiger partial charge on any atom is -0.444 e. The summed E-state index contributed by atoms with van der Waals surface area (Å²) in [5.41, 5.74) is -0.345. The van der Waals surface area contributed by atoms with Crippen molar-refractivity contribution in [1.82, 2.24) is 20.9 Å². The summed E-state index contributed by atoms with van der Waals surface area (Å²) in [6.07, 6.45) is 8.02. The third-order valence-electron chi connectivity index (χ3n) is 10.7. The van der Waals surface area contributed by atoms with E-state index in [9.17, 15) is 24.0 Å². The molecule has 2 spiro atoms. The Morgan fingerprint density at radius 3 is 1.53 bits per heavy atom. The van der Waals surface area contributed by atoms with Crippen LogP contribution in [0.3, 0.4) is 0 Å². The maximum atomic E-state index is 12.5. The van der Waals surface area contributed by atoms with E-state index < -0.39 is 5.60 Å². The summed E-state index contributed by atoms with van der Waals surface area (Å²) >= 11 is 0. The lowest BCUT2D eigenvalue weighted by Crippen LogP contribution is -2.44. The van der Waals surface area contributed by atoms with Crippen molar-refractivity contribution in [2.75, 3.05) is 52.6 Å². The van der Waals surface area contributed by atoms with Crippen LogP contribution in [0.5, 0.6) is 0 Å². The van der Waals surface area contributed by atoms with Gasteiger partial charge < -0.3 is 24.4 Å². The van der Waals surface area contributed by atoms with Gasteiger partial charge in [-0.15, -0.1) is 0 Å². The Kier molecular flexibility index (Phi) is 10.5. The van der Waals surface area contributed by atoms with Crippen LogP contribution in [0.15, 0.2) is 0 Å². The minimum absolute atomic E-state index is 0.0413. The number of amides is 5. The summed E-state index contributed by atoms with van der Waals surface area (Å²) in [5.74, 6) is -0.635. The molecule has 3 N–H and O–H groups in total. The van der Waals surface area contributed by atoms with E-state index >= 15 is 0 Å². The fraction of sp³-hybridized carbons (Fsp3) is 0.848. The Morgan fingerprint density at radius 1 is 0.689 bits per heavy atom. The zero-order valence-corrected chi connectivity index (χ0v) is 27.3. The number of carbonyl (C=O) groups excluding carboxylic acids is 5. The molecular formula is C33H52N4O8. The van der Waals surface area contributed by atoms with Crippen molar-refractivity contribution in [3.05, 3.63) is 0 Å². The highest BCUT2D eigenvalue weighted by molar-refractivity contribution is 5.99. The second-order valence-electron chi connectivity index (χ2n) is 14.9. The van der Waals surface area contributed by atoms with E-state index in [-0.39, 0.29) is 64.2 Å². The molecule has 12 heteroatoms. The normalized spacial score (nSPS) is 27.5. The quantitative estimate of drug-likeness (QED) is 0.397. The van der Waals surface area contributed by atoms with Crippen LogP contribution in [0.2, 0.25) is 0 Å². The smallest absolute Gasteiger partial charge is 0.410 e. The van der Waals surface area contributed by atoms with E-state index in [0.29, 0.717) is 52.4 Å². The molecule has 2 saturated carbocycles. The first-order valence-electron chi connectivity index (χ1n) is 16.9. The predicted molar refractivity (Wildman–Crippen MR) is 164 cm³/mol.